The van der Waals surface area contributed by atoms with Crippen molar-refractivity contribution in [1.29, 1.82) is 0 Å². The lowest BCUT2D eigenvalue weighted by molar-refractivity contribution is -0.154. The number of benzene rings is 2. The molecule has 0 unspecified atom stereocenters. The fraction of sp³-hybridized carbons (Fsp3) is 0.364. The number of fused-ring (bicyclic) bond motifs is 1. The highest BCUT2D eigenvalue weighted by atomic mass is 35.5. The van der Waals surface area contributed by atoms with Gasteiger partial charge < -0.3 is 14.8 Å². The van der Waals surface area contributed by atoms with E-state index in [4.69, 9.17) is 21.1 Å². The van der Waals surface area contributed by atoms with E-state index in [9.17, 15) is 9.59 Å². The van der Waals surface area contributed by atoms with E-state index in [-0.39, 0.29) is 18.4 Å². The smallest absolute Gasteiger partial charge is 0.311 e. The minimum absolute atomic E-state index is 0.0202. The Morgan fingerprint density at radius 2 is 2.04 bits per heavy atom. The van der Waals surface area contributed by atoms with Crippen LogP contribution in [-0.2, 0) is 27.2 Å². The van der Waals surface area contributed by atoms with Gasteiger partial charge in [-0.25, -0.2) is 0 Å². The molecule has 3 rings (SSSR count). The molecule has 2 aromatic rings. The maximum Gasteiger partial charge on any atom is 0.311 e. The standard InChI is InChI=1S/C22H24ClNO4/c1-14(28-21(25)13-16-12-17(23)10-11-20(16)27-2)22(26)24-19-9-5-7-15-6-3-4-8-18(15)19/h3-4,6,8,10-12,14,19H,5,7,9,13H2,1-2H3,(H,24,26)/t14-,19-/m1/s1. The first kappa shape index (κ1) is 20.2. The third-order valence-electron chi connectivity index (χ3n) is 4.94. The molecule has 0 bridgehead atoms. The van der Waals surface area contributed by atoms with Crippen LogP contribution in [0.4, 0.5) is 0 Å². The second-order valence-corrected chi connectivity index (χ2v) is 7.35. The lowest BCUT2D eigenvalue weighted by Crippen LogP contribution is -2.39. The molecule has 5 nitrogen and oxygen atoms in total. The monoisotopic (exact) mass is 401 g/mol. The van der Waals surface area contributed by atoms with Gasteiger partial charge in [0.1, 0.15) is 5.75 Å². The van der Waals surface area contributed by atoms with E-state index in [1.165, 1.54) is 12.7 Å². The molecule has 0 heterocycles. The quantitative estimate of drug-likeness (QED) is 0.742. The normalized spacial score (nSPS) is 16.6. The predicted octanol–water partition coefficient (Wildman–Crippen LogP) is 4.02. The first-order chi connectivity index (χ1) is 13.5. The van der Waals surface area contributed by atoms with Gasteiger partial charge in [0.05, 0.1) is 19.6 Å². The first-order valence-corrected chi connectivity index (χ1v) is 9.76. The summed E-state index contributed by atoms with van der Waals surface area (Å²) in [5.41, 5.74) is 3.02. The number of methoxy groups -OCH3 is 1. The summed E-state index contributed by atoms with van der Waals surface area (Å²) in [4.78, 5) is 24.8. The van der Waals surface area contributed by atoms with Gasteiger partial charge in [0, 0.05) is 10.6 Å². The SMILES string of the molecule is COc1ccc(Cl)cc1CC(=O)O[C@H](C)C(=O)N[C@@H]1CCCc2ccccc21. The van der Waals surface area contributed by atoms with Gasteiger partial charge in [-0.1, -0.05) is 35.9 Å². The number of hydrogen-bond donors (Lipinski definition) is 1. The molecule has 0 aromatic heterocycles. The Morgan fingerprint density at radius 3 is 2.82 bits per heavy atom. The van der Waals surface area contributed by atoms with Gasteiger partial charge in [-0.15, -0.1) is 0 Å². The fourth-order valence-corrected chi connectivity index (χ4v) is 3.72. The molecule has 1 amide bonds. The van der Waals surface area contributed by atoms with Gasteiger partial charge in [-0.3, -0.25) is 9.59 Å². The van der Waals surface area contributed by atoms with Crippen molar-refractivity contribution in [3.63, 3.8) is 0 Å². The summed E-state index contributed by atoms with van der Waals surface area (Å²) in [6.07, 6.45) is 2.02. The molecule has 1 aliphatic carbocycles. The molecule has 2 aromatic carbocycles. The number of nitrogens with one attached hydrogen (secondary N) is 1. The third kappa shape index (κ3) is 4.84. The zero-order valence-electron chi connectivity index (χ0n) is 16.0. The minimum Gasteiger partial charge on any atom is -0.496 e. The minimum atomic E-state index is -0.883. The van der Waals surface area contributed by atoms with Crippen molar-refractivity contribution >= 4 is 23.5 Å². The van der Waals surface area contributed by atoms with E-state index in [1.54, 1.807) is 25.1 Å². The summed E-state index contributed by atoms with van der Waals surface area (Å²) in [5.74, 6) is -0.252. The number of carbonyl (C=O) groups excluding carboxylic acids is 2. The van der Waals surface area contributed by atoms with E-state index < -0.39 is 12.1 Å². The lowest BCUT2D eigenvalue weighted by atomic mass is 9.87. The van der Waals surface area contributed by atoms with Crippen LogP contribution in [0.3, 0.4) is 0 Å². The summed E-state index contributed by atoms with van der Waals surface area (Å²) in [6, 6.07) is 13.1. The van der Waals surface area contributed by atoms with Gasteiger partial charge in [-0.2, -0.15) is 0 Å². The Labute approximate surface area is 170 Å². The number of carbonyl (C=O) groups is 2. The van der Waals surface area contributed by atoms with Gasteiger partial charge in [-0.05, 0) is 55.5 Å². The average molecular weight is 402 g/mol. The molecule has 0 saturated heterocycles. The van der Waals surface area contributed by atoms with E-state index in [0.717, 1.165) is 24.8 Å². The van der Waals surface area contributed by atoms with E-state index >= 15 is 0 Å². The highest BCUT2D eigenvalue weighted by molar-refractivity contribution is 6.30. The van der Waals surface area contributed by atoms with Crippen LogP contribution >= 0.6 is 11.6 Å². The average Bonchev–Trinajstić information content (AvgIpc) is 2.68. The molecular weight excluding hydrogens is 378 g/mol. The number of amides is 1. The van der Waals surface area contributed by atoms with Crippen molar-refractivity contribution in [2.45, 2.75) is 44.8 Å². The number of hydrogen-bond acceptors (Lipinski definition) is 4. The molecule has 0 radical (unpaired) electrons. The molecule has 0 fully saturated rings. The molecule has 0 spiro atoms. The van der Waals surface area contributed by atoms with Gasteiger partial charge in [0.2, 0.25) is 0 Å². The Bertz CT molecular complexity index is 867. The van der Waals surface area contributed by atoms with E-state index in [2.05, 4.69) is 11.4 Å². The second kappa shape index (κ2) is 9.11. The number of halogens is 1. The summed E-state index contributed by atoms with van der Waals surface area (Å²) >= 11 is 5.99. The Morgan fingerprint density at radius 1 is 1.25 bits per heavy atom. The highest BCUT2D eigenvalue weighted by Gasteiger charge is 2.25. The third-order valence-corrected chi connectivity index (χ3v) is 5.18. The molecule has 1 N–H and O–H groups in total. The zero-order chi connectivity index (χ0) is 20.1. The van der Waals surface area contributed by atoms with Gasteiger partial charge >= 0.3 is 5.97 Å². The summed E-state index contributed by atoms with van der Waals surface area (Å²) in [7, 11) is 1.52. The lowest BCUT2D eigenvalue weighted by Gasteiger charge is -2.27. The van der Waals surface area contributed by atoms with Gasteiger partial charge in [0.15, 0.2) is 6.10 Å². The largest absolute Gasteiger partial charge is 0.496 e. The van der Waals surface area contributed by atoms with Crippen LogP contribution in [0.15, 0.2) is 42.5 Å². The second-order valence-electron chi connectivity index (χ2n) is 6.92. The van der Waals surface area contributed by atoms with Crippen LogP contribution in [0.5, 0.6) is 5.75 Å². The molecule has 148 valence electrons. The van der Waals surface area contributed by atoms with Crippen LogP contribution in [0.25, 0.3) is 0 Å². The van der Waals surface area contributed by atoms with Crippen molar-refractivity contribution in [2.24, 2.45) is 0 Å². The van der Waals surface area contributed by atoms with Crippen LogP contribution in [0.2, 0.25) is 5.02 Å². The Hall–Kier alpha value is -2.53. The summed E-state index contributed by atoms with van der Waals surface area (Å²) < 4.78 is 10.6. The van der Waals surface area contributed by atoms with E-state index in [1.807, 2.05) is 18.2 Å². The number of esters is 1. The molecule has 2 atom stereocenters. The molecule has 0 aliphatic heterocycles. The Balaban J connectivity index is 1.59. The molecule has 1 aliphatic rings. The van der Waals surface area contributed by atoms with Crippen molar-refractivity contribution in [3.8, 4) is 5.75 Å². The van der Waals surface area contributed by atoms with Crippen molar-refractivity contribution < 1.29 is 19.1 Å². The maximum absolute atomic E-state index is 12.6. The number of aryl methyl sites for hydroxylation is 1. The van der Waals surface area contributed by atoms with Crippen LogP contribution in [0, 0.1) is 0 Å². The van der Waals surface area contributed by atoms with Crippen LogP contribution in [-0.4, -0.2) is 25.1 Å². The highest BCUT2D eigenvalue weighted by Crippen LogP contribution is 2.29. The predicted molar refractivity (Wildman–Crippen MR) is 108 cm³/mol. The fourth-order valence-electron chi connectivity index (χ4n) is 3.53. The van der Waals surface area contributed by atoms with Crippen molar-refractivity contribution in [1.82, 2.24) is 5.32 Å². The van der Waals surface area contributed by atoms with Gasteiger partial charge in [0.25, 0.3) is 5.91 Å². The summed E-state index contributed by atoms with van der Waals surface area (Å²) in [6.45, 7) is 1.58. The topological polar surface area (TPSA) is 64.6 Å². The summed E-state index contributed by atoms with van der Waals surface area (Å²) in [5, 5.41) is 3.52. The van der Waals surface area contributed by atoms with E-state index in [0.29, 0.717) is 16.3 Å². The Kier molecular flexibility index (Phi) is 6.57. The molecule has 6 heteroatoms. The van der Waals surface area contributed by atoms with Crippen LogP contribution in [0.1, 0.15) is 42.5 Å². The molecule has 0 saturated carbocycles. The number of ether oxygens (including phenoxy) is 2. The number of rotatable bonds is 6. The maximum atomic E-state index is 12.6. The molecule has 28 heavy (non-hydrogen) atoms. The first-order valence-electron chi connectivity index (χ1n) is 9.38. The van der Waals surface area contributed by atoms with Crippen LogP contribution < -0.4 is 10.1 Å². The van der Waals surface area contributed by atoms with Crippen molar-refractivity contribution in [3.05, 3.63) is 64.2 Å². The van der Waals surface area contributed by atoms with Crippen molar-refractivity contribution in [2.75, 3.05) is 7.11 Å². The zero-order valence-corrected chi connectivity index (χ0v) is 16.8. The molecular formula is C22H24ClNO4.